The van der Waals surface area contributed by atoms with Crippen LogP contribution in [0.4, 0.5) is 5.82 Å². The largest absolute Gasteiger partial charge is 0.496 e. The molecule has 0 bridgehead atoms. The average molecular weight is 374 g/mol. The maximum Gasteiger partial charge on any atom is 0.140 e. The monoisotopic (exact) mass is 374 g/mol. The van der Waals surface area contributed by atoms with Gasteiger partial charge in [0.25, 0.3) is 0 Å². The summed E-state index contributed by atoms with van der Waals surface area (Å²) in [6.07, 6.45) is 12.5. The number of H-pyrrole nitrogens is 1. The molecule has 2 N–H and O–H groups in total. The van der Waals surface area contributed by atoms with Crippen LogP contribution in [-0.4, -0.2) is 37.7 Å². The van der Waals surface area contributed by atoms with Crippen LogP contribution in [0, 0.1) is 0 Å². The van der Waals surface area contributed by atoms with Crippen LogP contribution in [-0.2, 0) is 0 Å². The van der Waals surface area contributed by atoms with Crippen LogP contribution in [0.15, 0.2) is 49.1 Å². The molecule has 0 aromatic carbocycles. The molecule has 5 rings (SSSR count). The number of anilines is 1. The summed E-state index contributed by atoms with van der Waals surface area (Å²) in [5.74, 6) is 1.68. The summed E-state index contributed by atoms with van der Waals surface area (Å²) in [5, 5.41) is 10.5. The molecule has 0 spiro atoms. The molecule has 0 amide bonds. The number of methoxy groups -OCH3 is 1. The maximum atomic E-state index is 5.57. The molecular formula is C21H22N6O. The zero-order chi connectivity index (χ0) is 18.9. The van der Waals surface area contributed by atoms with Gasteiger partial charge in [0.1, 0.15) is 17.2 Å². The van der Waals surface area contributed by atoms with E-state index in [9.17, 15) is 0 Å². The van der Waals surface area contributed by atoms with Crippen LogP contribution in [0.5, 0.6) is 5.75 Å². The highest BCUT2D eigenvalue weighted by atomic mass is 16.5. The fraction of sp³-hybridized carbons (Fsp3) is 0.286. The van der Waals surface area contributed by atoms with Crippen molar-refractivity contribution in [1.29, 1.82) is 0 Å². The number of aromatic nitrogens is 5. The third kappa shape index (κ3) is 2.98. The van der Waals surface area contributed by atoms with E-state index in [1.54, 1.807) is 13.3 Å². The van der Waals surface area contributed by atoms with Gasteiger partial charge in [0.15, 0.2) is 0 Å². The summed E-state index contributed by atoms with van der Waals surface area (Å²) >= 11 is 0. The summed E-state index contributed by atoms with van der Waals surface area (Å²) in [5.41, 5.74) is 4.55. The molecule has 1 aliphatic rings. The molecule has 1 saturated carbocycles. The van der Waals surface area contributed by atoms with E-state index in [2.05, 4.69) is 20.5 Å². The number of hydrogen-bond acceptors (Lipinski definition) is 5. The highest BCUT2D eigenvalue weighted by Gasteiger charge is 2.17. The Morgan fingerprint density at radius 1 is 1.21 bits per heavy atom. The molecule has 0 saturated heterocycles. The molecule has 0 atom stereocenters. The second-order valence-corrected chi connectivity index (χ2v) is 7.15. The summed E-state index contributed by atoms with van der Waals surface area (Å²) in [7, 11) is 1.67. The first-order chi connectivity index (χ1) is 13.8. The molecule has 142 valence electrons. The van der Waals surface area contributed by atoms with Gasteiger partial charge in [-0.2, -0.15) is 5.10 Å². The van der Waals surface area contributed by atoms with Crippen molar-refractivity contribution in [3.8, 4) is 28.3 Å². The fourth-order valence-electron chi connectivity index (χ4n) is 3.92. The van der Waals surface area contributed by atoms with Crippen LogP contribution < -0.4 is 10.1 Å². The molecule has 0 unspecified atom stereocenters. The lowest BCUT2D eigenvalue weighted by atomic mass is 10.1. The highest BCUT2D eigenvalue weighted by molar-refractivity contribution is 5.73. The van der Waals surface area contributed by atoms with Gasteiger partial charge in [-0.1, -0.05) is 18.9 Å². The number of nitrogens with zero attached hydrogens (tertiary/aromatic N) is 4. The standard InChI is InChI=1S/C21H22N6O/c1-28-19-9-21-22-12-18(27(21)13-16(19)14-10-23-24-11-14)17-7-4-8-20(26-17)25-15-5-2-3-6-15/h4,7-13,15H,2-3,5-6H2,1H3,(H,23,24)(H,25,26). The lowest BCUT2D eigenvalue weighted by Gasteiger charge is -2.13. The Hall–Kier alpha value is -3.35. The van der Waals surface area contributed by atoms with Gasteiger partial charge in [0.2, 0.25) is 0 Å². The fourth-order valence-corrected chi connectivity index (χ4v) is 3.92. The summed E-state index contributed by atoms with van der Waals surface area (Å²) in [4.78, 5) is 9.40. The number of ether oxygens (including phenoxy) is 1. The second kappa shape index (κ2) is 6.99. The molecule has 0 radical (unpaired) electrons. The van der Waals surface area contributed by atoms with Gasteiger partial charge in [0.05, 0.1) is 30.9 Å². The number of imidazole rings is 1. The average Bonchev–Trinajstić information content (AvgIpc) is 3.48. The Labute approximate surface area is 162 Å². The van der Waals surface area contributed by atoms with Gasteiger partial charge in [-0.25, -0.2) is 9.97 Å². The molecular weight excluding hydrogens is 352 g/mol. The third-order valence-electron chi connectivity index (χ3n) is 5.36. The first-order valence-electron chi connectivity index (χ1n) is 9.60. The van der Waals surface area contributed by atoms with Crippen molar-refractivity contribution >= 4 is 11.5 Å². The van der Waals surface area contributed by atoms with E-state index < -0.39 is 0 Å². The number of fused-ring (bicyclic) bond motifs is 1. The van der Waals surface area contributed by atoms with Crippen molar-refractivity contribution in [1.82, 2.24) is 24.6 Å². The minimum atomic E-state index is 0.530. The Bertz CT molecular complexity index is 1100. The van der Waals surface area contributed by atoms with Crippen molar-refractivity contribution in [3.63, 3.8) is 0 Å². The summed E-state index contributed by atoms with van der Waals surface area (Å²) in [6, 6.07) is 8.56. The van der Waals surface area contributed by atoms with Crippen molar-refractivity contribution < 1.29 is 4.74 Å². The van der Waals surface area contributed by atoms with Gasteiger partial charge in [-0.3, -0.25) is 9.50 Å². The zero-order valence-corrected chi connectivity index (χ0v) is 15.7. The van der Waals surface area contributed by atoms with Crippen LogP contribution in [0.25, 0.3) is 28.2 Å². The molecule has 7 heteroatoms. The van der Waals surface area contributed by atoms with E-state index in [1.165, 1.54) is 25.7 Å². The molecule has 7 nitrogen and oxygen atoms in total. The number of rotatable bonds is 5. The summed E-state index contributed by atoms with van der Waals surface area (Å²) in [6.45, 7) is 0. The van der Waals surface area contributed by atoms with Crippen LogP contribution >= 0.6 is 0 Å². The Kier molecular flexibility index (Phi) is 4.20. The molecule has 1 aliphatic carbocycles. The van der Waals surface area contributed by atoms with E-state index >= 15 is 0 Å². The molecule has 1 fully saturated rings. The van der Waals surface area contributed by atoms with Crippen molar-refractivity contribution in [3.05, 3.63) is 49.1 Å². The van der Waals surface area contributed by atoms with E-state index in [0.29, 0.717) is 6.04 Å². The minimum Gasteiger partial charge on any atom is -0.496 e. The predicted octanol–water partition coefficient (Wildman–Crippen LogP) is 4.15. The smallest absolute Gasteiger partial charge is 0.140 e. The molecule has 4 aromatic heterocycles. The molecule has 4 aromatic rings. The SMILES string of the molecule is COc1cc2ncc(-c3cccc(NC4CCCC4)n3)n2cc1-c1cn[nH]c1. The van der Waals surface area contributed by atoms with Crippen molar-refractivity contribution in [2.45, 2.75) is 31.7 Å². The van der Waals surface area contributed by atoms with Gasteiger partial charge >= 0.3 is 0 Å². The van der Waals surface area contributed by atoms with Crippen LogP contribution in [0.2, 0.25) is 0 Å². The van der Waals surface area contributed by atoms with Gasteiger partial charge in [-0.05, 0) is 25.0 Å². The van der Waals surface area contributed by atoms with Gasteiger partial charge < -0.3 is 10.1 Å². The van der Waals surface area contributed by atoms with E-state index in [-0.39, 0.29) is 0 Å². The van der Waals surface area contributed by atoms with E-state index in [1.807, 2.05) is 47.3 Å². The lowest BCUT2D eigenvalue weighted by Crippen LogP contribution is -2.15. The lowest BCUT2D eigenvalue weighted by molar-refractivity contribution is 0.416. The molecule has 0 aliphatic heterocycles. The first kappa shape index (κ1) is 16.8. The number of hydrogen-bond donors (Lipinski definition) is 2. The van der Waals surface area contributed by atoms with Crippen LogP contribution in [0.3, 0.4) is 0 Å². The van der Waals surface area contributed by atoms with Gasteiger partial charge in [0, 0.05) is 35.6 Å². The van der Waals surface area contributed by atoms with Crippen molar-refractivity contribution in [2.24, 2.45) is 0 Å². The maximum absolute atomic E-state index is 5.57. The third-order valence-corrected chi connectivity index (χ3v) is 5.36. The molecule has 4 heterocycles. The first-order valence-corrected chi connectivity index (χ1v) is 9.60. The highest BCUT2D eigenvalue weighted by Crippen LogP contribution is 2.32. The number of nitrogens with one attached hydrogen (secondary N) is 2. The Morgan fingerprint density at radius 2 is 2.11 bits per heavy atom. The van der Waals surface area contributed by atoms with E-state index in [0.717, 1.165) is 39.7 Å². The molecule has 28 heavy (non-hydrogen) atoms. The minimum absolute atomic E-state index is 0.530. The normalized spacial score (nSPS) is 14.6. The number of pyridine rings is 2. The number of aromatic amines is 1. The second-order valence-electron chi connectivity index (χ2n) is 7.15. The van der Waals surface area contributed by atoms with Gasteiger partial charge in [-0.15, -0.1) is 0 Å². The zero-order valence-electron chi connectivity index (χ0n) is 15.7. The summed E-state index contributed by atoms with van der Waals surface area (Å²) < 4.78 is 7.61. The van der Waals surface area contributed by atoms with Crippen LogP contribution in [0.1, 0.15) is 25.7 Å². The van der Waals surface area contributed by atoms with Crippen molar-refractivity contribution in [2.75, 3.05) is 12.4 Å². The Balaban J connectivity index is 1.57. The quantitative estimate of drug-likeness (QED) is 0.548. The predicted molar refractivity (Wildman–Crippen MR) is 108 cm³/mol. The van der Waals surface area contributed by atoms with E-state index in [4.69, 9.17) is 9.72 Å². The topological polar surface area (TPSA) is 80.1 Å². The Morgan fingerprint density at radius 3 is 2.89 bits per heavy atom.